The molecule has 0 aliphatic heterocycles. The van der Waals surface area contributed by atoms with Crippen molar-refractivity contribution in [2.24, 2.45) is 0 Å². The molecule has 22 heavy (non-hydrogen) atoms. The fourth-order valence-corrected chi connectivity index (χ4v) is 2.57. The largest absolute Gasteiger partial charge is 0.307 e. The van der Waals surface area contributed by atoms with Crippen LogP contribution in [0, 0.1) is 0 Å². The topological polar surface area (TPSA) is 59.8 Å². The normalized spacial score (nSPS) is 10.4. The van der Waals surface area contributed by atoms with Gasteiger partial charge in [-0.1, -0.05) is 17.8 Å². The van der Waals surface area contributed by atoms with Crippen molar-refractivity contribution in [3.8, 4) is 5.69 Å². The smallest absolute Gasteiger partial charge is 0.256 e. The summed E-state index contributed by atoms with van der Waals surface area (Å²) in [5.41, 5.74) is 1.55. The molecule has 3 aromatic rings. The van der Waals surface area contributed by atoms with Gasteiger partial charge in [0.1, 0.15) is 5.82 Å². The monoisotopic (exact) mass is 310 g/mol. The van der Waals surface area contributed by atoms with Gasteiger partial charge in [-0.3, -0.25) is 9.36 Å². The molecule has 0 fully saturated rings. The molecule has 1 N–H and O–H groups in total. The lowest BCUT2D eigenvalue weighted by Gasteiger charge is -2.08. The van der Waals surface area contributed by atoms with Crippen LogP contribution >= 0.6 is 11.8 Å². The predicted molar refractivity (Wildman–Crippen MR) is 87.5 cm³/mol. The highest BCUT2D eigenvalue weighted by Gasteiger charge is 2.08. The summed E-state index contributed by atoms with van der Waals surface area (Å²) < 4.78 is 1.98. The zero-order valence-electron chi connectivity index (χ0n) is 11.9. The highest BCUT2D eigenvalue weighted by atomic mass is 32.2. The van der Waals surface area contributed by atoms with E-state index in [1.807, 2.05) is 35.2 Å². The third-order valence-electron chi connectivity index (χ3n) is 3.10. The number of carbonyl (C=O) groups is 1. The summed E-state index contributed by atoms with van der Waals surface area (Å²) in [5, 5.41) is 3.67. The lowest BCUT2D eigenvalue weighted by Crippen LogP contribution is -2.12. The van der Waals surface area contributed by atoms with Crippen LogP contribution in [0.4, 0.5) is 5.82 Å². The Morgan fingerprint density at radius 1 is 1.09 bits per heavy atom. The number of thioether (sulfide) groups is 1. The average molecular weight is 310 g/mol. The maximum absolute atomic E-state index is 12.2. The van der Waals surface area contributed by atoms with E-state index >= 15 is 0 Å². The summed E-state index contributed by atoms with van der Waals surface area (Å²) in [7, 11) is 0. The Hall–Kier alpha value is -2.60. The first-order valence-corrected chi connectivity index (χ1v) is 7.90. The Labute approximate surface area is 132 Å². The van der Waals surface area contributed by atoms with Gasteiger partial charge in [0.25, 0.3) is 5.91 Å². The van der Waals surface area contributed by atoms with Gasteiger partial charge in [0, 0.05) is 29.8 Å². The van der Waals surface area contributed by atoms with E-state index in [9.17, 15) is 4.79 Å². The van der Waals surface area contributed by atoms with Crippen LogP contribution in [0.25, 0.3) is 5.69 Å². The van der Waals surface area contributed by atoms with E-state index in [4.69, 9.17) is 0 Å². The third-order valence-corrected chi connectivity index (χ3v) is 3.77. The van der Waals surface area contributed by atoms with E-state index in [2.05, 4.69) is 15.3 Å². The number of benzene rings is 1. The molecule has 0 saturated heterocycles. The number of aromatic nitrogens is 3. The number of nitrogens with zero attached hydrogens (tertiary/aromatic N) is 3. The van der Waals surface area contributed by atoms with Crippen molar-refractivity contribution in [1.29, 1.82) is 0 Å². The SMILES string of the molecule is CSc1nccn1-c1ccc(C(=O)Nc2ccccn2)cc1. The number of amides is 1. The molecular formula is C16H14N4OS. The number of nitrogens with one attached hydrogen (secondary N) is 1. The van der Waals surface area contributed by atoms with E-state index in [0.717, 1.165) is 10.8 Å². The molecule has 5 nitrogen and oxygen atoms in total. The molecule has 110 valence electrons. The second-order valence-electron chi connectivity index (χ2n) is 4.50. The summed E-state index contributed by atoms with van der Waals surface area (Å²) in [6.07, 6.45) is 7.28. The first-order valence-electron chi connectivity index (χ1n) is 6.68. The highest BCUT2D eigenvalue weighted by Crippen LogP contribution is 2.18. The first-order chi connectivity index (χ1) is 10.8. The molecule has 1 amide bonds. The molecule has 0 atom stereocenters. The van der Waals surface area contributed by atoms with Gasteiger partial charge in [-0.15, -0.1) is 0 Å². The second-order valence-corrected chi connectivity index (χ2v) is 5.27. The molecule has 2 heterocycles. The summed E-state index contributed by atoms with van der Waals surface area (Å²) >= 11 is 1.57. The van der Waals surface area contributed by atoms with Crippen molar-refractivity contribution in [3.63, 3.8) is 0 Å². The molecule has 3 rings (SSSR count). The van der Waals surface area contributed by atoms with Crippen LogP contribution < -0.4 is 5.32 Å². The van der Waals surface area contributed by atoms with Crippen LogP contribution in [0.15, 0.2) is 66.2 Å². The van der Waals surface area contributed by atoms with Gasteiger partial charge in [-0.2, -0.15) is 0 Å². The Morgan fingerprint density at radius 2 is 1.91 bits per heavy atom. The molecule has 6 heteroatoms. The van der Waals surface area contributed by atoms with Crippen LogP contribution in [0.3, 0.4) is 0 Å². The quantitative estimate of drug-likeness (QED) is 0.752. The number of rotatable bonds is 4. The van der Waals surface area contributed by atoms with Crippen LogP contribution in [0.1, 0.15) is 10.4 Å². The summed E-state index contributed by atoms with van der Waals surface area (Å²) in [6, 6.07) is 12.8. The Balaban J connectivity index is 1.78. The predicted octanol–water partition coefficient (Wildman–Crippen LogP) is 3.24. The Bertz CT molecular complexity index is 768. The fourth-order valence-electron chi connectivity index (χ4n) is 2.04. The number of hydrogen-bond acceptors (Lipinski definition) is 4. The van der Waals surface area contributed by atoms with Gasteiger partial charge < -0.3 is 5.32 Å². The number of imidazole rings is 1. The Kier molecular flexibility index (Phi) is 4.20. The molecule has 0 radical (unpaired) electrons. The van der Waals surface area contributed by atoms with Gasteiger partial charge in [-0.25, -0.2) is 9.97 Å². The molecule has 0 aliphatic rings. The second kappa shape index (κ2) is 6.44. The molecule has 0 spiro atoms. The van der Waals surface area contributed by atoms with Crippen molar-refractivity contribution in [3.05, 3.63) is 66.6 Å². The number of anilines is 1. The van der Waals surface area contributed by atoms with Crippen molar-refractivity contribution < 1.29 is 4.79 Å². The van der Waals surface area contributed by atoms with Crippen LogP contribution in [-0.2, 0) is 0 Å². The molecule has 0 saturated carbocycles. The van der Waals surface area contributed by atoms with E-state index in [0.29, 0.717) is 11.4 Å². The van der Waals surface area contributed by atoms with E-state index in [1.165, 1.54) is 0 Å². The van der Waals surface area contributed by atoms with Crippen molar-refractivity contribution >= 4 is 23.5 Å². The molecule has 1 aromatic carbocycles. The van der Waals surface area contributed by atoms with Gasteiger partial charge in [-0.05, 0) is 42.7 Å². The zero-order valence-corrected chi connectivity index (χ0v) is 12.7. The zero-order chi connectivity index (χ0) is 15.4. The minimum atomic E-state index is -0.180. The molecule has 0 aliphatic carbocycles. The van der Waals surface area contributed by atoms with Gasteiger partial charge in [0.15, 0.2) is 5.16 Å². The van der Waals surface area contributed by atoms with Crippen molar-refractivity contribution in [2.75, 3.05) is 11.6 Å². The lowest BCUT2D eigenvalue weighted by molar-refractivity contribution is 0.102. The highest BCUT2D eigenvalue weighted by molar-refractivity contribution is 7.98. The summed E-state index contributed by atoms with van der Waals surface area (Å²) in [4.78, 5) is 20.5. The summed E-state index contributed by atoms with van der Waals surface area (Å²) in [6.45, 7) is 0. The molecule has 2 aromatic heterocycles. The van der Waals surface area contributed by atoms with E-state index in [1.54, 1.807) is 48.4 Å². The lowest BCUT2D eigenvalue weighted by atomic mass is 10.2. The molecule has 0 unspecified atom stereocenters. The van der Waals surface area contributed by atoms with Crippen molar-refractivity contribution in [2.45, 2.75) is 5.16 Å². The minimum absolute atomic E-state index is 0.180. The number of carbonyl (C=O) groups excluding carboxylic acids is 1. The first kappa shape index (κ1) is 14.3. The van der Waals surface area contributed by atoms with Crippen LogP contribution in [0.5, 0.6) is 0 Å². The van der Waals surface area contributed by atoms with Crippen LogP contribution in [0.2, 0.25) is 0 Å². The number of pyridine rings is 1. The third kappa shape index (κ3) is 3.01. The van der Waals surface area contributed by atoms with Gasteiger partial charge in [0.2, 0.25) is 0 Å². The van der Waals surface area contributed by atoms with Gasteiger partial charge in [0.05, 0.1) is 0 Å². The molecule has 0 bridgehead atoms. The standard InChI is InChI=1S/C16H14N4OS/c1-22-16-18-10-11-20(16)13-7-5-12(6-8-13)15(21)19-14-4-2-3-9-17-14/h2-11H,1H3,(H,17,19,21). The maximum Gasteiger partial charge on any atom is 0.256 e. The number of hydrogen-bond donors (Lipinski definition) is 1. The van der Waals surface area contributed by atoms with Crippen LogP contribution in [-0.4, -0.2) is 26.7 Å². The maximum atomic E-state index is 12.2. The summed E-state index contributed by atoms with van der Waals surface area (Å²) in [5.74, 6) is 0.358. The minimum Gasteiger partial charge on any atom is -0.307 e. The van der Waals surface area contributed by atoms with Crippen molar-refractivity contribution in [1.82, 2.24) is 14.5 Å². The fraction of sp³-hybridized carbons (Fsp3) is 0.0625. The average Bonchev–Trinajstić information content (AvgIpc) is 3.04. The Morgan fingerprint density at radius 3 is 2.59 bits per heavy atom. The van der Waals surface area contributed by atoms with Gasteiger partial charge >= 0.3 is 0 Å². The molecular weight excluding hydrogens is 296 g/mol. The van der Waals surface area contributed by atoms with E-state index < -0.39 is 0 Å². The van der Waals surface area contributed by atoms with E-state index in [-0.39, 0.29) is 5.91 Å².